The van der Waals surface area contributed by atoms with E-state index >= 15 is 0 Å². The zero-order chi connectivity index (χ0) is 13.9. The highest BCUT2D eigenvalue weighted by molar-refractivity contribution is 5.27. The fourth-order valence-corrected chi connectivity index (χ4v) is 3.41. The Morgan fingerprint density at radius 2 is 1.95 bits per heavy atom. The summed E-state index contributed by atoms with van der Waals surface area (Å²) in [6.07, 6.45) is 6.41. The second kappa shape index (κ2) is 6.04. The predicted octanol–water partition coefficient (Wildman–Crippen LogP) is 4.76. The smallest absolute Gasteiger partial charge is 0.126 e. The monoisotopic (exact) mass is 263 g/mol. The highest BCUT2D eigenvalue weighted by Crippen LogP contribution is 2.45. The molecule has 2 heteroatoms. The van der Waals surface area contributed by atoms with Crippen LogP contribution in [0.1, 0.15) is 63.1 Å². The van der Waals surface area contributed by atoms with E-state index in [1.807, 2.05) is 13.0 Å². The molecule has 1 nitrogen and oxygen atoms in total. The zero-order valence-corrected chi connectivity index (χ0v) is 12.4. The van der Waals surface area contributed by atoms with Gasteiger partial charge >= 0.3 is 0 Å². The molecule has 1 aliphatic carbocycles. The van der Waals surface area contributed by atoms with Gasteiger partial charge in [0.15, 0.2) is 0 Å². The van der Waals surface area contributed by atoms with Crippen molar-refractivity contribution in [3.05, 3.63) is 35.1 Å². The number of hydrogen-bond acceptors (Lipinski definition) is 1. The number of aryl methyl sites for hydroxylation is 1. The lowest BCUT2D eigenvalue weighted by molar-refractivity contribution is 0.146. The van der Waals surface area contributed by atoms with E-state index in [1.54, 1.807) is 6.07 Å². The maximum absolute atomic E-state index is 13.8. The van der Waals surface area contributed by atoms with Gasteiger partial charge in [0.1, 0.15) is 5.82 Å². The third-order valence-corrected chi connectivity index (χ3v) is 4.63. The molecule has 0 bridgehead atoms. The molecule has 0 spiro atoms. The average Bonchev–Trinajstić information content (AvgIpc) is 2.40. The average molecular weight is 263 g/mol. The molecule has 1 saturated carbocycles. The Balaban J connectivity index is 2.30. The fraction of sp³-hybridized carbons (Fsp3) is 0.647. The summed E-state index contributed by atoms with van der Waals surface area (Å²) in [6, 6.07) is 5.99. The minimum Gasteiger partial charge on any atom is -0.310 e. The molecule has 0 aromatic heterocycles. The standard InChI is InChI=1S/C17H26FN/c1-4-19-16(17(3)10-6-5-7-11-17)14-9-8-13(2)15(18)12-14/h8-9,12,16,19H,4-7,10-11H2,1-3H3. The van der Waals surface area contributed by atoms with E-state index in [-0.39, 0.29) is 17.3 Å². The molecule has 1 N–H and O–H groups in total. The van der Waals surface area contributed by atoms with E-state index in [0.717, 1.165) is 17.7 Å². The topological polar surface area (TPSA) is 12.0 Å². The van der Waals surface area contributed by atoms with Crippen LogP contribution < -0.4 is 5.32 Å². The van der Waals surface area contributed by atoms with Crippen LogP contribution in [0.15, 0.2) is 18.2 Å². The van der Waals surface area contributed by atoms with E-state index < -0.39 is 0 Å². The summed E-state index contributed by atoms with van der Waals surface area (Å²) in [4.78, 5) is 0. The quantitative estimate of drug-likeness (QED) is 0.826. The van der Waals surface area contributed by atoms with E-state index in [9.17, 15) is 4.39 Å². The lowest BCUT2D eigenvalue weighted by Crippen LogP contribution is -2.37. The van der Waals surface area contributed by atoms with Crippen molar-refractivity contribution in [2.24, 2.45) is 5.41 Å². The molecule has 0 saturated heterocycles. The maximum atomic E-state index is 13.8. The summed E-state index contributed by atoms with van der Waals surface area (Å²) < 4.78 is 13.8. The molecule has 106 valence electrons. The number of benzene rings is 1. The molecule has 1 fully saturated rings. The third-order valence-electron chi connectivity index (χ3n) is 4.63. The Morgan fingerprint density at radius 3 is 2.53 bits per heavy atom. The van der Waals surface area contributed by atoms with Crippen molar-refractivity contribution < 1.29 is 4.39 Å². The van der Waals surface area contributed by atoms with Crippen molar-refractivity contribution in [3.8, 4) is 0 Å². The molecule has 0 amide bonds. The van der Waals surface area contributed by atoms with Gasteiger partial charge < -0.3 is 5.32 Å². The molecular weight excluding hydrogens is 237 g/mol. The van der Waals surface area contributed by atoms with Crippen LogP contribution in [0.4, 0.5) is 4.39 Å². The van der Waals surface area contributed by atoms with Crippen LogP contribution >= 0.6 is 0 Å². The summed E-state index contributed by atoms with van der Waals surface area (Å²) in [5, 5.41) is 3.59. The van der Waals surface area contributed by atoms with Crippen LogP contribution in [0.5, 0.6) is 0 Å². The van der Waals surface area contributed by atoms with Crippen LogP contribution in [0.25, 0.3) is 0 Å². The minimum absolute atomic E-state index is 0.0835. The zero-order valence-electron chi connectivity index (χ0n) is 12.4. The number of rotatable bonds is 4. The molecule has 1 aromatic carbocycles. The van der Waals surface area contributed by atoms with Gasteiger partial charge in [-0.2, -0.15) is 0 Å². The van der Waals surface area contributed by atoms with Gasteiger partial charge in [-0.1, -0.05) is 45.2 Å². The van der Waals surface area contributed by atoms with Crippen LogP contribution in [0, 0.1) is 18.2 Å². The molecular formula is C17H26FN. The lowest BCUT2D eigenvalue weighted by Gasteiger charge is -2.41. The van der Waals surface area contributed by atoms with Crippen LogP contribution in [0.2, 0.25) is 0 Å². The second-order valence-corrected chi connectivity index (χ2v) is 6.21. The summed E-state index contributed by atoms with van der Waals surface area (Å²) in [7, 11) is 0. The predicted molar refractivity (Wildman–Crippen MR) is 78.7 cm³/mol. The summed E-state index contributed by atoms with van der Waals surface area (Å²) in [6.45, 7) is 7.24. The number of nitrogens with one attached hydrogen (secondary N) is 1. The van der Waals surface area contributed by atoms with Gasteiger partial charge in [-0.05, 0) is 48.9 Å². The fourth-order valence-electron chi connectivity index (χ4n) is 3.41. The molecule has 0 radical (unpaired) electrons. The normalized spacial score (nSPS) is 20.2. The Bertz CT molecular complexity index is 421. The van der Waals surface area contributed by atoms with Gasteiger partial charge in [0.25, 0.3) is 0 Å². The molecule has 1 aliphatic rings. The van der Waals surface area contributed by atoms with Crippen LogP contribution in [-0.4, -0.2) is 6.54 Å². The Hall–Kier alpha value is -0.890. The SMILES string of the molecule is CCNC(c1ccc(C)c(F)c1)C1(C)CCCCC1. The van der Waals surface area contributed by atoms with Gasteiger partial charge in [-0.15, -0.1) is 0 Å². The Labute approximate surface area is 116 Å². The highest BCUT2D eigenvalue weighted by atomic mass is 19.1. The Kier molecular flexibility index (Phi) is 4.62. The summed E-state index contributed by atoms with van der Waals surface area (Å²) >= 11 is 0. The first kappa shape index (κ1) is 14.5. The molecule has 1 atom stereocenters. The van der Waals surface area contributed by atoms with Gasteiger partial charge in [-0.3, -0.25) is 0 Å². The van der Waals surface area contributed by atoms with Crippen molar-refractivity contribution in [1.29, 1.82) is 0 Å². The van der Waals surface area contributed by atoms with E-state index in [2.05, 4.69) is 25.2 Å². The first-order chi connectivity index (χ1) is 9.07. The molecule has 19 heavy (non-hydrogen) atoms. The lowest BCUT2D eigenvalue weighted by atomic mass is 9.68. The van der Waals surface area contributed by atoms with Crippen molar-refractivity contribution in [2.45, 2.75) is 58.9 Å². The third kappa shape index (κ3) is 3.17. The summed E-state index contributed by atoms with van der Waals surface area (Å²) in [5.74, 6) is -0.0835. The van der Waals surface area contributed by atoms with Crippen LogP contribution in [-0.2, 0) is 0 Å². The first-order valence-corrected chi connectivity index (χ1v) is 7.56. The van der Waals surface area contributed by atoms with E-state index in [4.69, 9.17) is 0 Å². The van der Waals surface area contributed by atoms with Crippen molar-refractivity contribution in [2.75, 3.05) is 6.54 Å². The Morgan fingerprint density at radius 1 is 1.26 bits per heavy atom. The van der Waals surface area contributed by atoms with Crippen molar-refractivity contribution in [3.63, 3.8) is 0 Å². The van der Waals surface area contributed by atoms with Gasteiger partial charge in [-0.25, -0.2) is 4.39 Å². The molecule has 1 aromatic rings. The van der Waals surface area contributed by atoms with Crippen molar-refractivity contribution >= 4 is 0 Å². The van der Waals surface area contributed by atoms with E-state index in [0.29, 0.717) is 0 Å². The highest BCUT2D eigenvalue weighted by Gasteiger charge is 2.36. The molecule has 1 unspecified atom stereocenters. The minimum atomic E-state index is -0.0835. The number of halogens is 1. The van der Waals surface area contributed by atoms with Crippen molar-refractivity contribution in [1.82, 2.24) is 5.32 Å². The number of hydrogen-bond donors (Lipinski definition) is 1. The van der Waals surface area contributed by atoms with Crippen LogP contribution in [0.3, 0.4) is 0 Å². The van der Waals surface area contributed by atoms with E-state index in [1.165, 1.54) is 32.1 Å². The molecule has 2 rings (SSSR count). The van der Waals surface area contributed by atoms with Gasteiger partial charge in [0.05, 0.1) is 0 Å². The largest absolute Gasteiger partial charge is 0.310 e. The maximum Gasteiger partial charge on any atom is 0.126 e. The second-order valence-electron chi connectivity index (χ2n) is 6.21. The molecule has 0 aliphatic heterocycles. The first-order valence-electron chi connectivity index (χ1n) is 7.56. The summed E-state index contributed by atoms with van der Waals surface area (Å²) in [5.41, 5.74) is 2.10. The van der Waals surface area contributed by atoms with Gasteiger partial charge in [0, 0.05) is 6.04 Å². The molecule has 0 heterocycles. The van der Waals surface area contributed by atoms with Gasteiger partial charge in [0.2, 0.25) is 0 Å².